The van der Waals surface area contributed by atoms with Crippen LogP contribution < -0.4 is 9.47 Å². The van der Waals surface area contributed by atoms with Crippen molar-refractivity contribution in [2.45, 2.75) is 6.92 Å². The van der Waals surface area contributed by atoms with Gasteiger partial charge in [0.1, 0.15) is 31.3 Å². The topological polar surface area (TPSA) is 63.2 Å². The van der Waals surface area contributed by atoms with E-state index in [9.17, 15) is 4.79 Å². The average Bonchev–Trinajstić information content (AvgIpc) is 2.48. The van der Waals surface area contributed by atoms with E-state index in [4.69, 9.17) is 18.9 Å². The predicted molar refractivity (Wildman–Crippen MR) is 76.2 cm³/mol. The molecule has 0 aliphatic rings. The second kappa shape index (κ2) is 10.6. The van der Waals surface area contributed by atoms with Crippen molar-refractivity contribution in [1.82, 2.24) is 0 Å². The zero-order chi connectivity index (χ0) is 15.3. The van der Waals surface area contributed by atoms with Gasteiger partial charge in [-0.2, -0.15) is 0 Å². The van der Waals surface area contributed by atoms with Gasteiger partial charge in [-0.25, -0.2) is 0 Å². The van der Waals surface area contributed by atoms with E-state index < -0.39 is 0 Å². The van der Waals surface area contributed by atoms with E-state index in [0.717, 1.165) is 5.75 Å². The molecule has 0 atom stereocenters. The van der Waals surface area contributed by atoms with Gasteiger partial charge in [0.2, 0.25) is 0 Å². The SMILES string of the molecule is C=C(C)OCOCCOc1ccc(OCCOC=O)cc1. The molecule has 6 heteroatoms. The van der Waals surface area contributed by atoms with E-state index in [2.05, 4.69) is 11.3 Å². The fraction of sp³-hybridized carbons (Fsp3) is 0.400. The second-order valence-electron chi connectivity index (χ2n) is 4.01. The third kappa shape index (κ3) is 8.54. The van der Waals surface area contributed by atoms with Crippen molar-refractivity contribution in [3.8, 4) is 11.5 Å². The minimum Gasteiger partial charge on any atom is -0.491 e. The molecule has 0 heterocycles. The lowest BCUT2D eigenvalue weighted by atomic mass is 10.3. The molecular formula is C15H20O6. The lowest BCUT2D eigenvalue weighted by Gasteiger charge is -2.09. The highest BCUT2D eigenvalue weighted by Gasteiger charge is 1.97. The molecule has 0 radical (unpaired) electrons. The van der Waals surface area contributed by atoms with Crippen LogP contribution in [0.4, 0.5) is 0 Å². The first-order valence-corrected chi connectivity index (χ1v) is 6.49. The number of allylic oxidation sites excluding steroid dienone is 1. The molecule has 116 valence electrons. The highest BCUT2D eigenvalue weighted by molar-refractivity contribution is 5.36. The molecule has 1 rings (SSSR count). The van der Waals surface area contributed by atoms with E-state index in [0.29, 0.717) is 37.8 Å². The summed E-state index contributed by atoms with van der Waals surface area (Å²) in [5.74, 6) is 2.02. The number of rotatable bonds is 12. The Labute approximate surface area is 124 Å². The maximum Gasteiger partial charge on any atom is 0.293 e. The molecule has 21 heavy (non-hydrogen) atoms. The van der Waals surface area contributed by atoms with Crippen molar-refractivity contribution in [3.05, 3.63) is 36.6 Å². The van der Waals surface area contributed by atoms with Crippen LogP contribution in [0.25, 0.3) is 0 Å². The minimum atomic E-state index is 0.175. The van der Waals surface area contributed by atoms with E-state index >= 15 is 0 Å². The van der Waals surface area contributed by atoms with Crippen molar-refractivity contribution in [1.29, 1.82) is 0 Å². The predicted octanol–water partition coefficient (Wildman–Crippen LogP) is 2.14. The number of carbonyl (C=O) groups is 1. The fourth-order valence-electron chi connectivity index (χ4n) is 1.31. The van der Waals surface area contributed by atoms with Crippen molar-refractivity contribution < 1.29 is 28.5 Å². The molecule has 0 spiro atoms. The number of ether oxygens (including phenoxy) is 5. The molecule has 0 saturated heterocycles. The van der Waals surface area contributed by atoms with Gasteiger partial charge in [0, 0.05) is 0 Å². The first-order valence-electron chi connectivity index (χ1n) is 6.49. The van der Waals surface area contributed by atoms with E-state index in [1.807, 2.05) is 0 Å². The molecule has 1 aromatic rings. The summed E-state index contributed by atoms with van der Waals surface area (Å²) in [6, 6.07) is 7.14. The molecule has 0 aromatic heterocycles. The molecular weight excluding hydrogens is 276 g/mol. The first kappa shape index (κ1) is 16.8. The number of carbonyl (C=O) groups excluding carboxylic acids is 1. The molecule has 0 amide bonds. The summed E-state index contributed by atoms with van der Waals surface area (Å²) in [6.07, 6.45) is 0. The Hall–Kier alpha value is -2.21. The lowest BCUT2D eigenvalue weighted by Crippen LogP contribution is -2.08. The normalized spacial score (nSPS) is 9.76. The van der Waals surface area contributed by atoms with Gasteiger partial charge in [-0.15, -0.1) is 0 Å². The largest absolute Gasteiger partial charge is 0.491 e. The second-order valence-corrected chi connectivity index (χ2v) is 4.01. The summed E-state index contributed by atoms with van der Waals surface area (Å²) < 4.78 is 25.6. The maximum atomic E-state index is 9.94. The van der Waals surface area contributed by atoms with Crippen LogP contribution in [-0.2, 0) is 19.0 Å². The van der Waals surface area contributed by atoms with Gasteiger partial charge in [-0.1, -0.05) is 6.58 Å². The Morgan fingerprint density at radius 1 is 1.05 bits per heavy atom. The monoisotopic (exact) mass is 296 g/mol. The third-order valence-corrected chi connectivity index (χ3v) is 2.25. The van der Waals surface area contributed by atoms with Crippen LogP contribution in [0.15, 0.2) is 36.6 Å². The van der Waals surface area contributed by atoms with E-state index in [1.54, 1.807) is 31.2 Å². The van der Waals surface area contributed by atoms with Crippen LogP contribution in [0.3, 0.4) is 0 Å². The average molecular weight is 296 g/mol. The van der Waals surface area contributed by atoms with Crippen LogP contribution in [0.5, 0.6) is 11.5 Å². The van der Waals surface area contributed by atoms with Gasteiger partial charge in [-0.05, 0) is 31.2 Å². The van der Waals surface area contributed by atoms with Gasteiger partial charge in [0.05, 0.1) is 12.4 Å². The van der Waals surface area contributed by atoms with Crippen LogP contribution in [0.1, 0.15) is 6.92 Å². The van der Waals surface area contributed by atoms with E-state index in [1.165, 1.54) is 0 Å². The first-order chi connectivity index (χ1) is 10.2. The highest BCUT2D eigenvalue weighted by atomic mass is 16.7. The third-order valence-electron chi connectivity index (χ3n) is 2.25. The van der Waals surface area contributed by atoms with Gasteiger partial charge in [0.15, 0.2) is 6.79 Å². The molecule has 6 nitrogen and oxygen atoms in total. The molecule has 0 bridgehead atoms. The number of hydrogen-bond donors (Lipinski definition) is 0. The molecule has 0 aliphatic carbocycles. The Balaban J connectivity index is 2.13. The molecule has 0 aliphatic heterocycles. The van der Waals surface area contributed by atoms with E-state index in [-0.39, 0.29) is 13.4 Å². The van der Waals surface area contributed by atoms with Crippen LogP contribution in [0, 0.1) is 0 Å². The number of hydrogen-bond acceptors (Lipinski definition) is 6. The minimum absolute atomic E-state index is 0.175. The summed E-state index contributed by atoms with van der Waals surface area (Å²) in [5.41, 5.74) is 0. The van der Waals surface area contributed by atoms with Gasteiger partial charge in [0.25, 0.3) is 6.47 Å². The van der Waals surface area contributed by atoms with Crippen molar-refractivity contribution in [2.24, 2.45) is 0 Å². The fourth-order valence-corrected chi connectivity index (χ4v) is 1.31. The molecule has 0 unspecified atom stereocenters. The van der Waals surface area contributed by atoms with Crippen molar-refractivity contribution in [3.63, 3.8) is 0 Å². The smallest absolute Gasteiger partial charge is 0.293 e. The van der Waals surface area contributed by atoms with Crippen molar-refractivity contribution in [2.75, 3.05) is 33.2 Å². The van der Waals surface area contributed by atoms with Crippen molar-refractivity contribution >= 4 is 6.47 Å². The quantitative estimate of drug-likeness (QED) is 0.255. The summed E-state index contributed by atoms with van der Waals surface area (Å²) >= 11 is 0. The van der Waals surface area contributed by atoms with Gasteiger partial charge in [-0.3, -0.25) is 4.79 Å². The standard InChI is InChI=1S/C15H20O6/c1-13(2)21-12-18-8-10-20-15-5-3-14(4-6-15)19-9-7-17-11-16/h3-6,11H,1,7-10,12H2,2H3. The highest BCUT2D eigenvalue weighted by Crippen LogP contribution is 2.17. The molecule has 1 aromatic carbocycles. The summed E-state index contributed by atoms with van der Waals surface area (Å²) in [7, 11) is 0. The van der Waals surface area contributed by atoms with Crippen LogP contribution in [-0.4, -0.2) is 39.7 Å². The maximum absolute atomic E-state index is 9.94. The molecule has 0 saturated carbocycles. The Bertz CT molecular complexity index is 415. The Morgan fingerprint density at radius 3 is 2.14 bits per heavy atom. The Kier molecular flexibility index (Phi) is 8.47. The zero-order valence-corrected chi connectivity index (χ0v) is 12.1. The molecule has 0 fully saturated rings. The van der Waals surface area contributed by atoms with Crippen LogP contribution >= 0.6 is 0 Å². The molecule has 0 N–H and O–H groups in total. The van der Waals surface area contributed by atoms with Crippen LogP contribution in [0.2, 0.25) is 0 Å². The zero-order valence-electron chi connectivity index (χ0n) is 12.1. The summed E-state index contributed by atoms with van der Waals surface area (Å²) in [4.78, 5) is 9.94. The Morgan fingerprint density at radius 2 is 1.62 bits per heavy atom. The lowest BCUT2D eigenvalue weighted by molar-refractivity contribution is -0.129. The summed E-state index contributed by atoms with van der Waals surface area (Å²) in [6.45, 7) is 7.31. The number of benzene rings is 1. The summed E-state index contributed by atoms with van der Waals surface area (Å²) in [5, 5.41) is 0. The van der Waals surface area contributed by atoms with Gasteiger partial charge >= 0.3 is 0 Å². The van der Waals surface area contributed by atoms with Gasteiger partial charge < -0.3 is 23.7 Å².